The molecule has 0 spiro atoms. The first-order chi connectivity index (χ1) is 13.2. The number of nitrogens with zero attached hydrogens (tertiary/aromatic N) is 4. The number of thioether (sulfide) groups is 2. The lowest BCUT2D eigenvalue weighted by molar-refractivity contribution is 0.454. The van der Waals surface area contributed by atoms with Crippen LogP contribution in [-0.4, -0.2) is 39.5 Å². The van der Waals surface area contributed by atoms with Gasteiger partial charge in [-0.3, -0.25) is 0 Å². The quantitative estimate of drug-likeness (QED) is 0.278. The Morgan fingerprint density at radius 3 is 2.70 bits per heavy atom. The minimum Gasteiger partial charge on any atom is -0.440 e. The Bertz CT molecular complexity index is 786. The SMILES string of the molecule is Cc1nc[nH]c1CSCCNC(NCCCSc1ncco1)=C(C#N)C#N. The van der Waals surface area contributed by atoms with E-state index >= 15 is 0 Å². The zero-order chi connectivity index (χ0) is 19.3. The van der Waals surface area contributed by atoms with Crippen LogP contribution in [0.25, 0.3) is 0 Å². The molecule has 3 N–H and O–H groups in total. The van der Waals surface area contributed by atoms with Crippen molar-refractivity contribution in [3.05, 3.63) is 41.6 Å². The van der Waals surface area contributed by atoms with Gasteiger partial charge in [0.15, 0.2) is 5.57 Å². The molecular weight excluding hydrogens is 382 g/mol. The number of aromatic amines is 1. The third kappa shape index (κ3) is 7.29. The first kappa shape index (κ1) is 20.7. The molecule has 0 saturated heterocycles. The third-order valence-corrected chi connectivity index (χ3v) is 5.39. The first-order valence-corrected chi connectivity index (χ1v) is 10.5. The van der Waals surface area contributed by atoms with Gasteiger partial charge < -0.3 is 20.0 Å². The van der Waals surface area contributed by atoms with Crippen LogP contribution in [0.4, 0.5) is 0 Å². The normalized spacial score (nSPS) is 10.0. The number of hydrogen-bond donors (Lipinski definition) is 3. The number of hydrogen-bond acceptors (Lipinski definition) is 9. The lowest BCUT2D eigenvalue weighted by Crippen LogP contribution is -2.30. The molecule has 10 heteroatoms. The Kier molecular flexibility index (Phi) is 9.18. The summed E-state index contributed by atoms with van der Waals surface area (Å²) >= 11 is 3.28. The van der Waals surface area contributed by atoms with E-state index in [1.165, 1.54) is 11.8 Å². The number of nitriles is 2. The lowest BCUT2D eigenvalue weighted by atomic mass is 10.3. The van der Waals surface area contributed by atoms with Crippen molar-refractivity contribution in [3.63, 3.8) is 0 Å². The maximum atomic E-state index is 9.13. The van der Waals surface area contributed by atoms with Crippen LogP contribution in [0.15, 0.2) is 39.8 Å². The van der Waals surface area contributed by atoms with Crippen LogP contribution < -0.4 is 10.6 Å². The summed E-state index contributed by atoms with van der Waals surface area (Å²) in [6.07, 6.45) is 5.70. The molecule has 0 aliphatic heterocycles. The highest BCUT2D eigenvalue weighted by molar-refractivity contribution is 7.99. The number of rotatable bonds is 12. The molecular formula is C17H21N7OS2. The van der Waals surface area contributed by atoms with Gasteiger partial charge in [0.25, 0.3) is 5.22 Å². The summed E-state index contributed by atoms with van der Waals surface area (Å²) in [6, 6.07) is 3.86. The second kappa shape index (κ2) is 11.9. The molecule has 0 aliphatic rings. The van der Waals surface area contributed by atoms with Gasteiger partial charge in [-0.1, -0.05) is 11.8 Å². The zero-order valence-electron chi connectivity index (χ0n) is 15.0. The van der Waals surface area contributed by atoms with Crippen molar-refractivity contribution in [2.45, 2.75) is 24.3 Å². The fraction of sp³-hybridized carbons (Fsp3) is 0.412. The third-order valence-electron chi connectivity index (χ3n) is 3.46. The average molecular weight is 404 g/mol. The highest BCUT2D eigenvalue weighted by atomic mass is 32.2. The lowest BCUT2D eigenvalue weighted by Gasteiger charge is -2.13. The van der Waals surface area contributed by atoms with Crippen molar-refractivity contribution >= 4 is 23.5 Å². The van der Waals surface area contributed by atoms with Crippen molar-refractivity contribution < 1.29 is 4.42 Å². The van der Waals surface area contributed by atoms with Gasteiger partial charge >= 0.3 is 0 Å². The van der Waals surface area contributed by atoms with Crippen LogP contribution in [0.3, 0.4) is 0 Å². The number of aromatic nitrogens is 3. The van der Waals surface area contributed by atoms with Crippen LogP contribution in [0, 0.1) is 29.6 Å². The molecule has 0 atom stereocenters. The van der Waals surface area contributed by atoms with Crippen LogP contribution in [0.1, 0.15) is 17.8 Å². The van der Waals surface area contributed by atoms with Crippen molar-refractivity contribution in [1.82, 2.24) is 25.6 Å². The van der Waals surface area contributed by atoms with E-state index in [-0.39, 0.29) is 5.57 Å². The monoisotopic (exact) mass is 403 g/mol. The summed E-state index contributed by atoms with van der Waals surface area (Å²) < 4.78 is 5.16. The van der Waals surface area contributed by atoms with Gasteiger partial charge in [0.05, 0.1) is 18.2 Å². The van der Waals surface area contributed by atoms with Crippen LogP contribution in [0.2, 0.25) is 0 Å². The van der Waals surface area contributed by atoms with E-state index in [1.807, 2.05) is 19.1 Å². The Balaban J connectivity index is 1.69. The van der Waals surface area contributed by atoms with Crippen LogP contribution in [-0.2, 0) is 5.75 Å². The summed E-state index contributed by atoms with van der Waals surface area (Å²) in [6.45, 7) is 3.27. The van der Waals surface area contributed by atoms with Gasteiger partial charge in [-0.15, -0.1) is 0 Å². The number of nitrogens with one attached hydrogen (secondary N) is 3. The maximum Gasteiger partial charge on any atom is 0.255 e. The molecule has 0 bridgehead atoms. The van der Waals surface area contributed by atoms with Crippen molar-refractivity contribution in [1.29, 1.82) is 10.5 Å². The van der Waals surface area contributed by atoms with Crippen LogP contribution >= 0.6 is 23.5 Å². The molecule has 0 amide bonds. The van der Waals surface area contributed by atoms with E-state index < -0.39 is 0 Å². The van der Waals surface area contributed by atoms with E-state index in [2.05, 4.69) is 25.6 Å². The number of H-pyrrole nitrogens is 1. The van der Waals surface area contributed by atoms with E-state index in [0.717, 1.165) is 35.1 Å². The average Bonchev–Trinajstić information content (AvgIpc) is 3.33. The Hall–Kier alpha value is -2.56. The topological polar surface area (TPSA) is 126 Å². The Morgan fingerprint density at radius 2 is 2.04 bits per heavy atom. The molecule has 0 unspecified atom stereocenters. The molecule has 0 fully saturated rings. The summed E-state index contributed by atoms with van der Waals surface area (Å²) in [7, 11) is 0. The molecule has 2 rings (SSSR count). The van der Waals surface area contributed by atoms with Gasteiger partial charge in [0.2, 0.25) is 0 Å². The Morgan fingerprint density at radius 1 is 1.22 bits per heavy atom. The number of allylic oxidation sites excluding steroid dienone is 1. The highest BCUT2D eigenvalue weighted by Crippen LogP contribution is 2.15. The molecule has 0 aromatic carbocycles. The Labute approximate surface area is 166 Å². The highest BCUT2D eigenvalue weighted by Gasteiger charge is 2.06. The molecule has 27 heavy (non-hydrogen) atoms. The molecule has 142 valence electrons. The molecule has 2 aromatic heterocycles. The minimum atomic E-state index is 0.0600. The smallest absolute Gasteiger partial charge is 0.255 e. The van der Waals surface area contributed by atoms with Crippen molar-refractivity contribution in [2.24, 2.45) is 0 Å². The maximum absolute atomic E-state index is 9.13. The molecule has 2 heterocycles. The van der Waals surface area contributed by atoms with Crippen molar-refractivity contribution in [3.8, 4) is 12.1 Å². The van der Waals surface area contributed by atoms with E-state index in [1.54, 1.807) is 30.5 Å². The summed E-state index contributed by atoms with van der Waals surface area (Å²) in [5.41, 5.74) is 2.19. The van der Waals surface area contributed by atoms with E-state index in [9.17, 15) is 0 Å². The molecule has 0 saturated carbocycles. The zero-order valence-corrected chi connectivity index (χ0v) is 16.6. The fourth-order valence-corrected chi connectivity index (χ4v) is 3.67. The van der Waals surface area contributed by atoms with Gasteiger partial charge in [0, 0.05) is 36.0 Å². The van der Waals surface area contributed by atoms with Gasteiger partial charge in [-0.05, 0) is 13.3 Å². The first-order valence-electron chi connectivity index (χ1n) is 8.35. The minimum absolute atomic E-state index is 0.0600. The van der Waals surface area contributed by atoms with E-state index in [0.29, 0.717) is 24.1 Å². The summed E-state index contributed by atoms with van der Waals surface area (Å²) in [5, 5.41) is 25.2. The number of imidazole rings is 1. The fourth-order valence-electron chi connectivity index (χ4n) is 2.06. The molecule has 8 nitrogen and oxygen atoms in total. The summed E-state index contributed by atoms with van der Waals surface area (Å²) in [5.74, 6) is 3.00. The standard InChI is InChI=1S/C17H21N7OS2/c1-13-15(24-12-23-13)11-26-8-5-21-16(14(9-18)10-19)20-3-2-7-27-17-22-4-6-25-17/h4,6,12,20-21H,2-3,5,7-8,11H2,1H3,(H,23,24). The second-order valence-corrected chi connectivity index (χ2v) is 7.50. The molecule has 0 aliphatic carbocycles. The molecule has 0 radical (unpaired) electrons. The summed E-state index contributed by atoms with van der Waals surface area (Å²) in [4.78, 5) is 11.3. The number of aryl methyl sites for hydroxylation is 1. The number of oxazole rings is 1. The van der Waals surface area contributed by atoms with E-state index in [4.69, 9.17) is 14.9 Å². The molecule has 2 aromatic rings. The van der Waals surface area contributed by atoms with Gasteiger partial charge in [0.1, 0.15) is 24.2 Å². The largest absolute Gasteiger partial charge is 0.440 e. The predicted octanol–water partition coefficient (Wildman–Crippen LogP) is 2.56. The van der Waals surface area contributed by atoms with Crippen molar-refractivity contribution in [2.75, 3.05) is 24.6 Å². The predicted molar refractivity (Wildman–Crippen MR) is 106 cm³/mol. The van der Waals surface area contributed by atoms with Crippen LogP contribution in [0.5, 0.6) is 0 Å². The second-order valence-electron chi connectivity index (χ2n) is 5.35. The van der Waals surface area contributed by atoms with Gasteiger partial charge in [-0.2, -0.15) is 22.3 Å². The van der Waals surface area contributed by atoms with Gasteiger partial charge in [-0.25, -0.2) is 9.97 Å².